The van der Waals surface area contributed by atoms with Crippen LogP contribution in [0.1, 0.15) is 49.9 Å². The third-order valence-corrected chi connectivity index (χ3v) is 14.1. The maximum Gasteiger partial charge on any atom is 0.695 e. The molecule has 2 aliphatic heterocycles. The van der Waals surface area contributed by atoms with Gasteiger partial charge in [-0.1, -0.05) is 102 Å². The van der Waals surface area contributed by atoms with Crippen molar-refractivity contribution in [1.29, 1.82) is 0 Å². The molecule has 25 heteroatoms. The van der Waals surface area contributed by atoms with Crippen LogP contribution in [0.3, 0.4) is 0 Å². The number of nitrogens with one attached hydrogen (secondary N) is 2. The smallest absolute Gasteiger partial charge is 0.497 e. The maximum absolute atomic E-state index is 14.2. The topological polar surface area (TPSA) is 273 Å². The molecule has 22 nitrogen and oxygen atoms in total. The minimum Gasteiger partial charge on any atom is -0.497 e. The molecule has 3 N–H and O–H groups in total. The van der Waals surface area contributed by atoms with Crippen molar-refractivity contribution >= 4 is 43.4 Å². The van der Waals surface area contributed by atoms with Crippen LogP contribution in [-0.4, -0.2) is 107 Å². The average Bonchev–Trinajstić information content (AvgIpc) is 4.07. The van der Waals surface area contributed by atoms with E-state index in [-0.39, 0.29) is 27.8 Å². The molecule has 9 atom stereocenters. The van der Waals surface area contributed by atoms with Crippen LogP contribution < -0.4 is 32.0 Å². The van der Waals surface area contributed by atoms with Crippen molar-refractivity contribution in [3.63, 3.8) is 0 Å². The summed E-state index contributed by atoms with van der Waals surface area (Å²) in [7, 11) is -0.377. The Balaban J connectivity index is 1.08. The molecule has 5 aromatic carbocycles. The van der Waals surface area contributed by atoms with Crippen LogP contribution in [0.25, 0.3) is 0 Å². The van der Waals surface area contributed by atoms with Gasteiger partial charge in [0.15, 0.2) is 30.8 Å². The number of benzene rings is 5. The largest absolute Gasteiger partial charge is 0.695 e. The first-order valence-corrected chi connectivity index (χ1v) is 25.9. The van der Waals surface area contributed by atoms with Gasteiger partial charge in [0.05, 0.1) is 48.6 Å². The number of ether oxygens (including phenoxy) is 9. The van der Waals surface area contributed by atoms with Crippen molar-refractivity contribution in [1.82, 2.24) is 19.1 Å². The zero-order valence-corrected chi connectivity index (χ0v) is 44.1. The summed E-state index contributed by atoms with van der Waals surface area (Å²) < 4.78 is 75.4. The number of hydrogen-bond donors (Lipinski definition) is 3. The number of methoxy groups -OCH3 is 2. The fraction of sp³-hybridized carbons (Fsp3) is 0.259. The molecule has 4 heterocycles. The van der Waals surface area contributed by atoms with Crippen molar-refractivity contribution in [2.24, 2.45) is 0 Å². The number of esters is 2. The summed E-state index contributed by atoms with van der Waals surface area (Å²) in [5.41, 5.74) is -3.09. The number of aromatic amines is 2. The van der Waals surface area contributed by atoms with E-state index in [1.54, 1.807) is 42.5 Å². The van der Waals surface area contributed by atoms with E-state index < -0.39 is 111 Å². The highest BCUT2D eigenvalue weighted by molar-refractivity contribution is 7.32. The molecule has 0 radical (unpaired) electrons. The quantitative estimate of drug-likeness (QED) is 0.0242. The Bertz CT molecular complexity index is 3500. The fourth-order valence-electron chi connectivity index (χ4n) is 9.27. The summed E-state index contributed by atoms with van der Waals surface area (Å²) >= 11 is 12.8. The third-order valence-electron chi connectivity index (χ3n) is 13.0. The van der Waals surface area contributed by atoms with Gasteiger partial charge in [-0.15, -0.1) is 9.42 Å². The minimum atomic E-state index is -3.45. The fourth-order valence-corrected chi connectivity index (χ4v) is 10.2. The van der Waals surface area contributed by atoms with Gasteiger partial charge >= 0.3 is 31.6 Å². The van der Waals surface area contributed by atoms with Crippen LogP contribution in [0.2, 0.25) is 10.0 Å². The van der Waals surface area contributed by atoms with E-state index in [4.69, 9.17) is 70.4 Å². The normalized spacial score (nSPS) is 21.1. The maximum atomic E-state index is 14.2. The van der Waals surface area contributed by atoms with E-state index >= 15 is 0 Å². The van der Waals surface area contributed by atoms with Gasteiger partial charge in [0, 0.05) is 29.1 Å². The highest BCUT2D eigenvalue weighted by Gasteiger charge is 2.55. The first-order chi connectivity index (χ1) is 38.2. The number of H-pyrrole nitrogens is 2. The molecule has 1 unspecified atom stereocenters. The van der Waals surface area contributed by atoms with E-state index in [1.165, 1.54) is 44.6 Å². The molecular formula is C54H48Cl2N4O18P+. The van der Waals surface area contributed by atoms with Crippen molar-refractivity contribution < 1.29 is 66.2 Å². The average molecular weight is 1140 g/mol. The van der Waals surface area contributed by atoms with E-state index in [2.05, 4.69) is 9.97 Å². The summed E-state index contributed by atoms with van der Waals surface area (Å²) in [6.07, 6.45) is -9.88. The molecular weight excluding hydrogens is 1090 g/mol. The Morgan fingerprint density at radius 1 is 0.595 bits per heavy atom. The van der Waals surface area contributed by atoms with Crippen molar-refractivity contribution in [2.75, 3.05) is 34.2 Å². The van der Waals surface area contributed by atoms with Gasteiger partial charge in [-0.25, -0.2) is 19.2 Å². The summed E-state index contributed by atoms with van der Waals surface area (Å²) in [6, 6.07) is 37.7. The summed E-state index contributed by atoms with van der Waals surface area (Å²) in [6.45, 7) is -1.67. The molecule has 9 rings (SSSR count). The molecule has 0 spiro atoms. The zero-order valence-electron chi connectivity index (χ0n) is 41.7. The Labute approximate surface area is 458 Å². The number of hydrogen-bond acceptors (Lipinski definition) is 17. The van der Waals surface area contributed by atoms with Crippen molar-refractivity contribution in [3.8, 4) is 11.5 Å². The molecule has 0 amide bonds. The van der Waals surface area contributed by atoms with Crippen LogP contribution in [0.5, 0.6) is 11.5 Å². The SMILES string of the molecule is COc1ccc(C(OC[C@H]2O[C@@H](n3ccc(=O)[nH]c3=O)[C@H](OC(=O)c3ccccc3Cl)[C@@H]2OCOC[C@H]2O[C@@H](n3ccc(=O)[nH]c3=O)[C@H](OC(=O)c3ccccc3Cl)[C@@H]2O[P+](=O)O)(c2ccccc2)c2ccc(OC)cc2)cc1. The van der Waals surface area contributed by atoms with Crippen LogP contribution in [-0.2, 0) is 47.8 Å². The van der Waals surface area contributed by atoms with E-state index in [0.29, 0.717) is 28.2 Å². The van der Waals surface area contributed by atoms with Crippen LogP contribution in [0.15, 0.2) is 171 Å². The van der Waals surface area contributed by atoms with E-state index in [9.17, 15) is 38.2 Å². The molecule has 79 heavy (non-hydrogen) atoms. The highest BCUT2D eigenvalue weighted by Crippen LogP contribution is 2.44. The predicted molar refractivity (Wildman–Crippen MR) is 280 cm³/mol. The lowest BCUT2D eigenvalue weighted by molar-refractivity contribution is -0.159. The van der Waals surface area contributed by atoms with Crippen molar-refractivity contribution in [2.45, 2.75) is 54.7 Å². The Hall–Kier alpha value is -7.60. The Kier molecular flexibility index (Phi) is 17.8. The summed E-state index contributed by atoms with van der Waals surface area (Å²) in [4.78, 5) is 93.6. The molecule has 410 valence electrons. The number of halogens is 2. The molecule has 0 saturated carbocycles. The summed E-state index contributed by atoms with van der Waals surface area (Å²) in [5, 5.41) is 0.0370. The molecule has 2 aliphatic rings. The number of carbonyl (C=O) groups is 2. The molecule has 2 saturated heterocycles. The molecule has 2 aromatic heterocycles. The lowest BCUT2D eigenvalue weighted by atomic mass is 9.80. The minimum absolute atomic E-state index is 0.00207. The van der Waals surface area contributed by atoms with Gasteiger partial charge in [-0.2, -0.15) is 0 Å². The van der Waals surface area contributed by atoms with Crippen LogP contribution >= 0.6 is 31.5 Å². The van der Waals surface area contributed by atoms with Gasteiger partial charge in [0.25, 0.3) is 11.1 Å². The van der Waals surface area contributed by atoms with E-state index in [1.807, 2.05) is 54.6 Å². The summed E-state index contributed by atoms with van der Waals surface area (Å²) in [5.74, 6) is -0.852. The van der Waals surface area contributed by atoms with Gasteiger partial charge in [-0.05, 0) is 65.2 Å². The second-order valence-corrected chi connectivity index (χ2v) is 19.1. The number of carbonyl (C=O) groups excluding carboxylic acids is 2. The lowest BCUT2D eigenvalue weighted by Crippen LogP contribution is -2.44. The number of rotatable bonds is 21. The Morgan fingerprint density at radius 3 is 1.49 bits per heavy atom. The number of aromatic nitrogens is 4. The van der Waals surface area contributed by atoms with Gasteiger partial charge in [0.1, 0.15) is 42.2 Å². The Morgan fingerprint density at radius 2 is 1.04 bits per heavy atom. The second-order valence-electron chi connectivity index (χ2n) is 17.6. The molecule has 2 fully saturated rings. The van der Waals surface area contributed by atoms with Gasteiger partial charge in [-0.3, -0.25) is 28.7 Å². The van der Waals surface area contributed by atoms with Crippen molar-refractivity contribution in [3.05, 3.63) is 231 Å². The first kappa shape index (κ1) is 56.1. The van der Waals surface area contributed by atoms with Crippen LogP contribution in [0, 0.1) is 0 Å². The third kappa shape index (κ3) is 12.3. The van der Waals surface area contributed by atoms with E-state index in [0.717, 1.165) is 33.7 Å². The highest BCUT2D eigenvalue weighted by atomic mass is 35.5. The standard InChI is InChI=1S/C54H47Cl2N4O18P/c1-69-34-20-16-32(17-21-34)54(31-10-4-3-5-11-31,33-18-22-35(70-2)23-19-33)73-29-41-44(46(76-50(63)36-12-6-8-14-38(36)55)48(75-41)59-26-24-42(61)57-52(59)65)72-30-71-28-40-45(78-79(67)68)47(77-51(64)37-13-7-9-15-39(37)56)49(74-40)60-27-25-43(62)58-53(60)66/h3-27,40-41,44-49H,28-30H2,1-2H3,(H2-,57,58,61,62,65,66,67,68)/p+1/t40-,41-,44-,45-,46-,47-,48-,49-/m1/s1. The molecule has 0 aliphatic carbocycles. The van der Waals surface area contributed by atoms with Crippen LogP contribution in [0.4, 0.5) is 0 Å². The zero-order chi connectivity index (χ0) is 55.8. The predicted octanol–water partition coefficient (Wildman–Crippen LogP) is 6.06. The number of nitrogens with zero attached hydrogens (tertiary/aromatic N) is 2. The van der Waals surface area contributed by atoms with Gasteiger partial charge in [0.2, 0.25) is 0 Å². The lowest BCUT2D eigenvalue weighted by Gasteiger charge is -2.37. The van der Waals surface area contributed by atoms with Gasteiger partial charge < -0.3 is 42.6 Å². The monoisotopic (exact) mass is 1140 g/mol. The first-order valence-electron chi connectivity index (χ1n) is 24.0. The second kappa shape index (κ2) is 25.0. The molecule has 0 bridgehead atoms. The molecule has 7 aromatic rings.